The molecule has 0 spiro atoms. The Morgan fingerprint density at radius 3 is 2.44 bits per heavy atom. The second-order valence-corrected chi connectivity index (χ2v) is 13.2. The highest BCUT2D eigenvalue weighted by Crippen LogP contribution is 2.58. The number of esters is 1. The first-order valence-corrected chi connectivity index (χ1v) is 15.5. The van der Waals surface area contributed by atoms with Gasteiger partial charge in [0.15, 0.2) is 5.78 Å². The van der Waals surface area contributed by atoms with E-state index < -0.39 is 23.0 Å². The van der Waals surface area contributed by atoms with Crippen LogP contribution in [0.4, 0.5) is 4.39 Å². The molecule has 0 saturated heterocycles. The zero-order valence-corrected chi connectivity index (χ0v) is 25.6. The standard InChI is InChI=1S/C33H35Cl2FNO6/c1-17-10-19-12-22(42-16-24(30(38)18-6-7-18)29(37)28-26(34)4-3-5-27(28)35)15-25(17)33(19,40)20-11-21(36)14-23(13-20)43-32(8-9-32)31(39)41-2/h3-5,10-11,13-14,17-19,22,25,40H,6-9,12,15-16,37H2,1-2H3/q-1/t17-,19+,22+,25+,33+/m0/s1. The smallest absolute Gasteiger partial charge is 0.350 e. The number of rotatable bonds is 10. The summed E-state index contributed by atoms with van der Waals surface area (Å²) in [5.74, 6) is -1.61. The van der Waals surface area contributed by atoms with Crippen LogP contribution < -0.4 is 10.5 Å². The van der Waals surface area contributed by atoms with Crippen molar-refractivity contribution in [2.24, 2.45) is 29.4 Å². The van der Waals surface area contributed by atoms with E-state index in [1.165, 1.54) is 19.2 Å². The molecule has 0 radical (unpaired) electrons. The Labute approximate surface area is 260 Å². The Morgan fingerprint density at radius 2 is 1.84 bits per heavy atom. The summed E-state index contributed by atoms with van der Waals surface area (Å²) >= 11 is 12.8. The molecule has 230 valence electrons. The minimum absolute atomic E-state index is 0.00675. The van der Waals surface area contributed by atoms with Crippen LogP contribution in [-0.4, -0.2) is 42.3 Å². The van der Waals surface area contributed by atoms with Crippen molar-refractivity contribution in [1.82, 2.24) is 0 Å². The average Bonchev–Trinajstić information content (AvgIpc) is 3.88. The Morgan fingerprint density at radius 1 is 1.14 bits per heavy atom. The second-order valence-electron chi connectivity index (χ2n) is 12.4. The number of fused-ring (bicyclic) bond motifs is 2. The van der Waals surface area contributed by atoms with Crippen LogP contribution in [0.3, 0.4) is 0 Å². The van der Waals surface area contributed by atoms with Crippen LogP contribution in [0.25, 0.3) is 5.70 Å². The number of aliphatic hydroxyl groups is 1. The van der Waals surface area contributed by atoms with Gasteiger partial charge >= 0.3 is 5.97 Å². The molecule has 0 unspecified atom stereocenters. The molecule has 6 rings (SSSR count). The summed E-state index contributed by atoms with van der Waals surface area (Å²) in [5.41, 5.74) is 5.46. The number of methoxy groups -OCH3 is 1. The van der Waals surface area contributed by atoms with E-state index in [0.717, 1.165) is 12.8 Å². The molecule has 4 aliphatic carbocycles. The van der Waals surface area contributed by atoms with Crippen molar-refractivity contribution in [3.05, 3.63) is 75.4 Å². The molecule has 4 saturated carbocycles. The van der Waals surface area contributed by atoms with E-state index in [4.69, 9.17) is 43.1 Å². The average molecular weight is 632 g/mol. The first-order valence-electron chi connectivity index (χ1n) is 14.7. The van der Waals surface area contributed by atoms with Gasteiger partial charge in [-0.3, -0.25) is 4.79 Å². The lowest BCUT2D eigenvalue weighted by Crippen LogP contribution is -2.45. The van der Waals surface area contributed by atoms with E-state index >= 15 is 0 Å². The summed E-state index contributed by atoms with van der Waals surface area (Å²) in [6, 6.07) is 9.25. The van der Waals surface area contributed by atoms with E-state index in [-0.39, 0.29) is 53.6 Å². The summed E-state index contributed by atoms with van der Waals surface area (Å²) in [6.45, 7) is 2.03. The van der Waals surface area contributed by atoms with Crippen molar-refractivity contribution in [1.29, 1.82) is 0 Å². The van der Waals surface area contributed by atoms with E-state index in [9.17, 15) is 19.1 Å². The number of hydrogen-bond donors (Lipinski definition) is 2. The van der Waals surface area contributed by atoms with E-state index in [1.807, 2.05) is 6.92 Å². The van der Waals surface area contributed by atoms with Gasteiger partial charge in [-0.15, -0.1) is 5.92 Å². The minimum atomic E-state index is -1.35. The molecule has 43 heavy (non-hydrogen) atoms. The highest BCUT2D eigenvalue weighted by Gasteiger charge is 2.55. The predicted octanol–water partition coefficient (Wildman–Crippen LogP) is 6.02. The summed E-state index contributed by atoms with van der Waals surface area (Å²) in [4.78, 5) is 25.5. The summed E-state index contributed by atoms with van der Waals surface area (Å²) in [6.07, 6.45) is 5.36. The molecule has 5 atom stereocenters. The molecule has 7 nitrogen and oxygen atoms in total. The van der Waals surface area contributed by atoms with Gasteiger partial charge < -0.3 is 31.5 Å². The first kappa shape index (κ1) is 30.4. The number of Topliss-reactive ketones (excluding diaryl/α,β-unsaturated/α-hetero) is 1. The number of ketones is 1. The summed E-state index contributed by atoms with van der Waals surface area (Å²) < 4.78 is 32.0. The number of hydrogen-bond acceptors (Lipinski definition) is 7. The van der Waals surface area contributed by atoms with Crippen molar-refractivity contribution in [2.45, 2.75) is 62.8 Å². The Balaban J connectivity index is 1.23. The third-order valence-corrected chi connectivity index (χ3v) is 10.1. The van der Waals surface area contributed by atoms with E-state index in [0.29, 0.717) is 52.4 Å². The van der Waals surface area contributed by atoms with Gasteiger partial charge in [-0.05, 0) is 61.4 Å². The topological polar surface area (TPSA) is 108 Å². The third-order valence-electron chi connectivity index (χ3n) is 9.51. The predicted molar refractivity (Wildman–Crippen MR) is 160 cm³/mol. The van der Waals surface area contributed by atoms with Crippen LogP contribution >= 0.6 is 23.2 Å². The largest absolute Gasteiger partial charge is 0.475 e. The number of ether oxygens (including phenoxy) is 3. The van der Waals surface area contributed by atoms with Crippen molar-refractivity contribution in [2.75, 3.05) is 13.7 Å². The van der Waals surface area contributed by atoms with E-state index in [1.54, 1.807) is 24.3 Å². The maximum absolute atomic E-state index is 14.9. The van der Waals surface area contributed by atoms with Gasteiger partial charge in [-0.2, -0.15) is 5.92 Å². The number of carbonyl (C=O) groups is 2. The molecule has 0 amide bonds. The maximum atomic E-state index is 14.9. The maximum Gasteiger partial charge on any atom is 0.350 e. The number of benzene rings is 2. The minimum Gasteiger partial charge on any atom is -0.475 e. The van der Waals surface area contributed by atoms with Gasteiger partial charge in [0.1, 0.15) is 11.6 Å². The lowest BCUT2D eigenvalue weighted by atomic mass is 9.68. The normalized spacial score (nSPS) is 29.5. The number of carbonyl (C=O) groups excluding carboxylic acids is 2. The molecule has 3 N–H and O–H groups in total. The van der Waals surface area contributed by atoms with Gasteiger partial charge in [-0.1, -0.05) is 36.2 Å². The van der Waals surface area contributed by atoms with Crippen LogP contribution in [0.15, 0.2) is 42.0 Å². The Kier molecular flexibility index (Phi) is 8.03. The van der Waals surface area contributed by atoms with Crippen LogP contribution in [0.1, 0.15) is 56.6 Å². The molecular weight excluding hydrogens is 596 g/mol. The highest BCUT2D eigenvalue weighted by atomic mass is 35.5. The quantitative estimate of drug-likeness (QED) is 0.188. The van der Waals surface area contributed by atoms with Gasteiger partial charge in [-0.25, -0.2) is 9.18 Å². The molecule has 0 aromatic heterocycles. The van der Waals surface area contributed by atoms with Crippen molar-refractivity contribution >= 4 is 40.7 Å². The second kappa shape index (κ2) is 11.4. The van der Waals surface area contributed by atoms with Crippen molar-refractivity contribution < 1.29 is 33.3 Å². The molecule has 4 aliphatic rings. The van der Waals surface area contributed by atoms with Crippen LogP contribution in [0.2, 0.25) is 10.0 Å². The molecule has 0 heterocycles. The lowest BCUT2D eigenvalue weighted by molar-refractivity contribution is -0.151. The zero-order valence-electron chi connectivity index (χ0n) is 24.1. The van der Waals surface area contributed by atoms with E-state index in [2.05, 4.69) is 6.42 Å². The van der Waals surface area contributed by atoms with Crippen LogP contribution in [0.5, 0.6) is 5.75 Å². The molecule has 2 aromatic carbocycles. The van der Waals surface area contributed by atoms with Gasteiger partial charge in [0.05, 0.1) is 41.2 Å². The zero-order chi connectivity index (χ0) is 30.7. The third kappa shape index (κ3) is 5.56. The monoisotopic (exact) mass is 630 g/mol. The number of halogens is 3. The highest BCUT2D eigenvalue weighted by molar-refractivity contribution is 6.37. The Hall–Kier alpha value is -2.65. The van der Waals surface area contributed by atoms with Gasteiger partial charge in [0.2, 0.25) is 5.60 Å². The fourth-order valence-electron chi connectivity index (χ4n) is 6.91. The Bertz CT molecular complexity index is 1470. The SMILES string of the molecule is COC(=O)C1(Oc2cc(F)cc([C@]3(O)[C@@H]4[CH-][C@H](C)[C@H]3C[C@H](OCC(C(=O)C3CC3)=C(N)c3c(Cl)cccc3Cl)C4)c2)CC1. The van der Waals surface area contributed by atoms with Crippen LogP contribution in [-0.2, 0) is 24.7 Å². The molecular formula is C33H35Cl2FNO6-. The summed E-state index contributed by atoms with van der Waals surface area (Å²) in [7, 11) is 1.29. The van der Waals surface area contributed by atoms with Crippen molar-refractivity contribution in [3.63, 3.8) is 0 Å². The lowest BCUT2D eigenvalue weighted by Gasteiger charge is -2.47. The molecule has 10 heteroatoms. The van der Waals surface area contributed by atoms with Gasteiger partial charge in [0, 0.05) is 36.0 Å². The molecule has 0 aliphatic heterocycles. The number of nitrogens with two attached hydrogens (primary N) is 1. The fourth-order valence-corrected chi connectivity index (χ4v) is 7.51. The molecule has 2 aromatic rings. The molecule has 4 fully saturated rings. The summed E-state index contributed by atoms with van der Waals surface area (Å²) in [5, 5.41) is 12.9. The van der Waals surface area contributed by atoms with Crippen molar-refractivity contribution in [3.8, 4) is 5.75 Å². The first-order chi connectivity index (χ1) is 20.5. The van der Waals surface area contributed by atoms with Crippen LogP contribution in [0, 0.1) is 35.9 Å². The molecule has 2 bridgehead atoms. The fraction of sp³-hybridized carbons (Fsp3) is 0.485. The van der Waals surface area contributed by atoms with Gasteiger partial charge in [0.25, 0.3) is 0 Å².